The molecule has 0 saturated heterocycles. The minimum absolute atomic E-state index is 0.0305. The molecule has 30 heavy (non-hydrogen) atoms. The van der Waals surface area contributed by atoms with Gasteiger partial charge in [0, 0.05) is 28.4 Å². The molecule has 1 atom stereocenters. The van der Waals surface area contributed by atoms with Gasteiger partial charge in [0.2, 0.25) is 11.8 Å². The second-order valence-electron chi connectivity index (χ2n) is 7.16. The van der Waals surface area contributed by atoms with Crippen molar-refractivity contribution in [2.75, 3.05) is 13.1 Å². The Morgan fingerprint density at radius 3 is 2.77 bits per heavy atom. The molecule has 0 bridgehead atoms. The fourth-order valence-electron chi connectivity index (χ4n) is 3.77. The van der Waals surface area contributed by atoms with Crippen molar-refractivity contribution in [3.63, 3.8) is 0 Å². The highest BCUT2D eigenvalue weighted by Crippen LogP contribution is 2.41. The maximum Gasteiger partial charge on any atom is 0.243 e. The molecule has 0 spiro atoms. The molecule has 3 aromatic rings. The molecule has 2 amide bonds. The first-order chi connectivity index (χ1) is 14.4. The van der Waals surface area contributed by atoms with Crippen LogP contribution in [-0.2, 0) is 22.6 Å². The second kappa shape index (κ2) is 8.84. The first-order valence-corrected chi connectivity index (χ1v) is 11.2. The van der Waals surface area contributed by atoms with Crippen LogP contribution in [0.3, 0.4) is 0 Å². The van der Waals surface area contributed by atoms with E-state index in [1.165, 1.54) is 16.7 Å². The number of nitrogens with zero attached hydrogens (tertiary/aromatic N) is 2. The van der Waals surface area contributed by atoms with Crippen LogP contribution in [0.4, 0.5) is 0 Å². The number of carbonyl (C=O) groups is 2. The van der Waals surface area contributed by atoms with E-state index in [1.807, 2.05) is 22.4 Å². The second-order valence-corrected chi connectivity index (χ2v) is 9.00. The normalized spacial score (nSPS) is 15.7. The third kappa shape index (κ3) is 4.26. The van der Waals surface area contributed by atoms with Crippen LogP contribution in [0.5, 0.6) is 0 Å². The predicted molar refractivity (Wildman–Crippen MR) is 118 cm³/mol. The Kier molecular flexibility index (Phi) is 6.18. The molecule has 1 unspecified atom stereocenters. The van der Waals surface area contributed by atoms with Crippen LogP contribution in [0.2, 0.25) is 10.0 Å². The van der Waals surface area contributed by atoms with Gasteiger partial charge in [0.1, 0.15) is 12.3 Å². The van der Waals surface area contributed by atoms with Gasteiger partial charge in [-0.2, -0.15) is 0 Å². The minimum atomic E-state index is -0.310. The molecule has 0 radical (unpaired) electrons. The zero-order valence-electron chi connectivity index (χ0n) is 16.3. The van der Waals surface area contributed by atoms with Crippen molar-refractivity contribution in [1.29, 1.82) is 0 Å². The number of furan rings is 1. The lowest BCUT2D eigenvalue weighted by atomic mass is 9.93. The molecule has 1 aromatic carbocycles. The van der Waals surface area contributed by atoms with Crippen molar-refractivity contribution in [2.45, 2.75) is 25.9 Å². The monoisotopic (exact) mass is 462 g/mol. The van der Waals surface area contributed by atoms with Crippen LogP contribution >= 0.6 is 34.5 Å². The Labute approximate surface area is 188 Å². The van der Waals surface area contributed by atoms with Crippen LogP contribution in [0, 0.1) is 0 Å². The van der Waals surface area contributed by atoms with Gasteiger partial charge in [-0.05, 0) is 53.3 Å². The summed E-state index contributed by atoms with van der Waals surface area (Å²) in [4.78, 5) is 30.1. The van der Waals surface area contributed by atoms with E-state index in [2.05, 4.69) is 0 Å². The van der Waals surface area contributed by atoms with Gasteiger partial charge in [-0.15, -0.1) is 11.3 Å². The average Bonchev–Trinajstić information content (AvgIpc) is 3.38. The van der Waals surface area contributed by atoms with Crippen molar-refractivity contribution in [3.05, 3.63) is 79.9 Å². The predicted octanol–water partition coefficient (Wildman–Crippen LogP) is 5.17. The van der Waals surface area contributed by atoms with Crippen molar-refractivity contribution in [1.82, 2.24) is 9.80 Å². The molecule has 2 aromatic heterocycles. The highest BCUT2D eigenvalue weighted by Gasteiger charge is 2.34. The fraction of sp³-hybridized carbons (Fsp3) is 0.273. The molecule has 4 rings (SSSR count). The first-order valence-electron chi connectivity index (χ1n) is 9.52. The fourth-order valence-corrected chi connectivity index (χ4v) is 5.18. The molecule has 0 aliphatic carbocycles. The third-order valence-corrected chi connectivity index (χ3v) is 6.80. The number of rotatable bonds is 5. The third-order valence-electron chi connectivity index (χ3n) is 5.24. The maximum atomic E-state index is 13.4. The van der Waals surface area contributed by atoms with Gasteiger partial charge in [0.25, 0.3) is 0 Å². The molecule has 1 aliphatic rings. The number of carbonyl (C=O) groups excluding carboxylic acids is 2. The summed E-state index contributed by atoms with van der Waals surface area (Å²) in [5.41, 5.74) is 1.90. The molecular formula is C22H20Cl2N2O3S. The van der Waals surface area contributed by atoms with E-state index in [0.717, 1.165) is 17.5 Å². The van der Waals surface area contributed by atoms with E-state index in [1.54, 1.807) is 41.9 Å². The Morgan fingerprint density at radius 2 is 2.07 bits per heavy atom. The highest BCUT2D eigenvalue weighted by molar-refractivity contribution is 7.10. The molecule has 8 heteroatoms. The summed E-state index contributed by atoms with van der Waals surface area (Å²) < 4.78 is 5.35. The average molecular weight is 463 g/mol. The van der Waals surface area contributed by atoms with E-state index in [0.29, 0.717) is 22.4 Å². The summed E-state index contributed by atoms with van der Waals surface area (Å²) >= 11 is 14.3. The minimum Gasteiger partial charge on any atom is -0.467 e. The van der Waals surface area contributed by atoms with Crippen molar-refractivity contribution in [3.8, 4) is 0 Å². The number of hydrogen-bond acceptors (Lipinski definition) is 4. The van der Waals surface area contributed by atoms with Crippen molar-refractivity contribution < 1.29 is 14.0 Å². The lowest BCUT2D eigenvalue weighted by Gasteiger charge is -2.37. The van der Waals surface area contributed by atoms with Gasteiger partial charge in [-0.1, -0.05) is 29.3 Å². The molecule has 0 saturated carbocycles. The van der Waals surface area contributed by atoms with Crippen molar-refractivity contribution >= 4 is 46.4 Å². The van der Waals surface area contributed by atoms with Gasteiger partial charge < -0.3 is 14.2 Å². The smallest absolute Gasteiger partial charge is 0.243 e. The van der Waals surface area contributed by atoms with Crippen LogP contribution in [0.25, 0.3) is 0 Å². The van der Waals surface area contributed by atoms with Gasteiger partial charge >= 0.3 is 0 Å². The summed E-state index contributed by atoms with van der Waals surface area (Å²) in [5, 5.41) is 3.10. The molecule has 1 aliphatic heterocycles. The Hall–Kier alpha value is -2.28. The molecule has 156 valence electrons. The van der Waals surface area contributed by atoms with Gasteiger partial charge in [0.15, 0.2) is 0 Å². The largest absolute Gasteiger partial charge is 0.467 e. The first kappa shape index (κ1) is 21.0. The summed E-state index contributed by atoms with van der Waals surface area (Å²) in [6, 6.07) is 10.6. The van der Waals surface area contributed by atoms with Crippen LogP contribution in [0.15, 0.2) is 52.5 Å². The van der Waals surface area contributed by atoms with Crippen LogP contribution in [-0.4, -0.2) is 34.7 Å². The topological polar surface area (TPSA) is 53.8 Å². The van der Waals surface area contributed by atoms with Crippen molar-refractivity contribution in [2.24, 2.45) is 0 Å². The summed E-state index contributed by atoms with van der Waals surface area (Å²) in [5.74, 6) is 0.313. The molecular weight excluding hydrogens is 443 g/mol. The van der Waals surface area contributed by atoms with E-state index >= 15 is 0 Å². The van der Waals surface area contributed by atoms with E-state index < -0.39 is 0 Å². The zero-order chi connectivity index (χ0) is 21.3. The molecule has 3 heterocycles. The SMILES string of the molecule is CC(=O)N(CC(=O)N1CCc2sccc2C1c1ccc(Cl)cc1Cl)Cc1ccco1. The number of amides is 2. The Morgan fingerprint density at radius 1 is 1.23 bits per heavy atom. The van der Waals surface area contributed by atoms with Gasteiger partial charge in [-0.3, -0.25) is 9.59 Å². The Bertz CT molecular complexity index is 1060. The number of thiophene rings is 1. The summed E-state index contributed by atoms with van der Waals surface area (Å²) in [6.45, 7) is 2.23. The zero-order valence-corrected chi connectivity index (χ0v) is 18.6. The van der Waals surface area contributed by atoms with Crippen LogP contribution < -0.4 is 0 Å². The van der Waals surface area contributed by atoms with Gasteiger partial charge in [-0.25, -0.2) is 0 Å². The highest BCUT2D eigenvalue weighted by atomic mass is 35.5. The van der Waals surface area contributed by atoms with E-state index in [4.69, 9.17) is 27.6 Å². The maximum absolute atomic E-state index is 13.4. The quantitative estimate of drug-likeness (QED) is 0.525. The number of halogens is 2. The molecule has 5 nitrogen and oxygen atoms in total. The van der Waals surface area contributed by atoms with E-state index in [9.17, 15) is 9.59 Å². The Balaban J connectivity index is 1.64. The van der Waals surface area contributed by atoms with Gasteiger partial charge in [0.05, 0.1) is 18.8 Å². The van der Waals surface area contributed by atoms with Crippen LogP contribution in [0.1, 0.15) is 34.7 Å². The summed E-state index contributed by atoms with van der Waals surface area (Å²) in [6.07, 6.45) is 2.33. The number of hydrogen-bond donors (Lipinski definition) is 0. The number of fused-ring (bicyclic) bond motifs is 1. The molecule has 0 N–H and O–H groups in total. The molecule has 0 fully saturated rings. The van der Waals surface area contributed by atoms with E-state index in [-0.39, 0.29) is 30.9 Å². The standard InChI is InChI=1S/C22H20Cl2N2O3S/c1-14(27)25(12-16-3-2-9-29-16)13-21(28)26-8-6-20-18(7-10-30-20)22(26)17-5-4-15(23)11-19(17)24/h2-5,7,9-11,22H,6,8,12-13H2,1H3. The lowest BCUT2D eigenvalue weighted by molar-refractivity contribution is -0.141. The lowest BCUT2D eigenvalue weighted by Crippen LogP contribution is -2.46. The number of benzene rings is 1. The summed E-state index contributed by atoms with van der Waals surface area (Å²) in [7, 11) is 0.